The number of hydrogen-bond donors (Lipinski definition) is 0. The highest BCUT2D eigenvalue weighted by Gasteiger charge is 2.19. The van der Waals surface area contributed by atoms with Gasteiger partial charge in [-0.3, -0.25) is 14.4 Å². The predicted molar refractivity (Wildman–Crippen MR) is 297 cm³/mol. The second kappa shape index (κ2) is 56.9. The van der Waals surface area contributed by atoms with Crippen LogP contribution in [0.4, 0.5) is 0 Å². The van der Waals surface area contributed by atoms with E-state index in [1.165, 1.54) is 116 Å². The Bertz CT molecular complexity index is 1380. The van der Waals surface area contributed by atoms with E-state index in [9.17, 15) is 14.4 Å². The molecule has 0 radical (unpaired) electrons. The molecule has 6 heteroatoms. The molecule has 0 aromatic carbocycles. The highest BCUT2D eigenvalue weighted by molar-refractivity contribution is 5.71. The summed E-state index contributed by atoms with van der Waals surface area (Å²) >= 11 is 0. The first-order valence-corrected chi connectivity index (χ1v) is 28.8. The summed E-state index contributed by atoms with van der Waals surface area (Å²) in [5, 5.41) is 0. The number of hydrogen-bond acceptors (Lipinski definition) is 6. The fourth-order valence-corrected chi connectivity index (χ4v) is 7.79. The molecule has 0 bridgehead atoms. The summed E-state index contributed by atoms with van der Waals surface area (Å²) in [5.74, 6) is -0.945. The van der Waals surface area contributed by atoms with Gasteiger partial charge in [0.25, 0.3) is 0 Å². The normalized spacial score (nSPS) is 12.8. The smallest absolute Gasteiger partial charge is 0.306 e. The van der Waals surface area contributed by atoms with E-state index in [4.69, 9.17) is 14.2 Å². The standard InChI is InChI=1S/C63H106O6/c1-4-7-10-13-16-19-22-25-28-30-32-35-38-41-44-47-50-53-56-62(65)68-59-60(58-67-61(64)55-52-49-46-43-40-37-34-27-24-21-18-15-12-9-6-3)69-63(66)57-54-51-48-45-42-39-36-33-31-29-26-23-20-17-14-11-8-5-2/h16,18-19,21-22,24-25,27-33,35-36,60H,4-15,17,20,23,26,34,37-59H2,1-3H3/b19-16-,21-18-,25-22-,27-24-,30-28-,31-29-,35-32-,36-33-. The topological polar surface area (TPSA) is 78.9 Å². The molecule has 0 spiro atoms. The van der Waals surface area contributed by atoms with Crippen molar-refractivity contribution in [3.05, 3.63) is 97.2 Å². The van der Waals surface area contributed by atoms with Crippen LogP contribution in [-0.4, -0.2) is 37.2 Å². The minimum absolute atomic E-state index is 0.0986. The molecule has 1 atom stereocenters. The minimum Gasteiger partial charge on any atom is -0.462 e. The number of carbonyl (C=O) groups is 3. The van der Waals surface area contributed by atoms with Crippen LogP contribution in [0.1, 0.15) is 265 Å². The van der Waals surface area contributed by atoms with Crippen molar-refractivity contribution in [2.75, 3.05) is 13.2 Å². The van der Waals surface area contributed by atoms with Gasteiger partial charge >= 0.3 is 17.9 Å². The molecular formula is C63H106O6. The van der Waals surface area contributed by atoms with E-state index in [0.29, 0.717) is 19.3 Å². The highest BCUT2D eigenvalue weighted by atomic mass is 16.6. The van der Waals surface area contributed by atoms with E-state index in [-0.39, 0.29) is 31.1 Å². The maximum Gasteiger partial charge on any atom is 0.306 e. The fraction of sp³-hybridized carbons (Fsp3) is 0.698. The zero-order valence-electron chi connectivity index (χ0n) is 45.0. The molecule has 0 aromatic rings. The van der Waals surface area contributed by atoms with Gasteiger partial charge in [0.15, 0.2) is 6.10 Å². The van der Waals surface area contributed by atoms with Gasteiger partial charge in [-0.05, 0) is 96.3 Å². The van der Waals surface area contributed by atoms with Crippen LogP contribution < -0.4 is 0 Å². The largest absolute Gasteiger partial charge is 0.462 e. The summed E-state index contributed by atoms with van der Waals surface area (Å²) in [4.78, 5) is 38.2. The second-order valence-corrected chi connectivity index (χ2v) is 19.0. The summed E-state index contributed by atoms with van der Waals surface area (Å²) in [7, 11) is 0. The molecular weight excluding hydrogens is 853 g/mol. The molecule has 0 aliphatic heterocycles. The predicted octanol–water partition coefficient (Wildman–Crippen LogP) is 19.3. The van der Waals surface area contributed by atoms with Crippen molar-refractivity contribution in [2.24, 2.45) is 0 Å². The first kappa shape index (κ1) is 65.3. The van der Waals surface area contributed by atoms with Crippen LogP contribution in [0.25, 0.3) is 0 Å². The van der Waals surface area contributed by atoms with Gasteiger partial charge in [-0.15, -0.1) is 0 Å². The number of carbonyl (C=O) groups excluding carboxylic acids is 3. The Morgan fingerprint density at radius 2 is 0.522 bits per heavy atom. The van der Waals surface area contributed by atoms with Crippen molar-refractivity contribution in [3.63, 3.8) is 0 Å². The summed E-state index contributed by atoms with van der Waals surface area (Å²) in [6.45, 7) is 6.53. The van der Waals surface area contributed by atoms with Crippen molar-refractivity contribution in [1.29, 1.82) is 0 Å². The molecule has 0 amide bonds. The van der Waals surface area contributed by atoms with Crippen LogP contribution in [0.3, 0.4) is 0 Å². The summed E-state index contributed by atoms with van der Waals surface area (Å²) in [6.07, 6.45) is 75.3. The van der Waals surface area contributed by atoms with E-state index in [1.807, 2.05) is 0 Å². The van der Waals surface area contributed by atoms with Gasteiger partial charge in [0.05, 0.1) is 0 Å². The summed E-state index contributed by atoms with van der Waals surface area (Å²) < 4.78 is 16.8. The van der Waals surface area contributed by atoms with Crippen molar-refractivity contribution in [1.82, 2.24) is 0 Å². The average Bonchev–Trinajstić information content (AvgIpc) is 3.35. The summed E-state index contributed by atoms with van der Waals surface area (Å²) in [6, 6.07) is 0. The molecule has 0 aliphatic carbocycles. The Morgan fingerprint density at radius 3 is 0.855 bits per heavy atom. The second-order valence-electron chi connectivity index (χ2n) is 19.0. The molecule has 1 unspecified atom stereocenters. The van der Waals surface area contributed by atoms with Gasteiger partial charge in [0.2, 0.25) is 0 Å². The van der Waals surface area contributed by atoms with Gasteiger partial charge in [-0.25, -0.2) is 0 Å². The molecule has 0 aliphatic rings. The Morgan fingerprint density at radius 1 is 0.290 bits per heavy atom. The number of unbranched alkanes of at least 4 members (excludes halogenated alkanes) is 29. The van der Waals surface area contributed by atoms with E-state index >= 15 is 0 Å². The monoisotopic (exact) mass is 959 g/mol. The van der Waals surface area contributed by atoms with Crippen molar-refractivity contribution >= 4 is 17.9 Å². The zero-order chi connectivity index (χ0) is 50.0. The first-order valence-electron chi connectivity index (χ1n) is 28.8. The molecule has 0 N–H and O–H groups in total. The van der Waals surface area contributed by atoms with Crippen molar-refractivity contribution in [3.8, 4) is 0 Å². The maximum absolute atomic E-state index is 12.9. The van der Waals surface area contributed by atoms with Gasteiger partial charge in [0.1, 0.15) is 13.2 Å². The van der Waals surface area contributed by atoms with Crippen LogP contribution in [0.2, 0.25) is 0 Å². The van der Waals surface area contributed by atoms with Crippen molar-refractivity contribution < 1.29 is 28.6 Å². The SMILES string of the molecule is CCCCC\C=C/C=C\C=C/C=C\CCCCCCCC(=O)OCC(COC(=O)CCCCCCCC/C=C\C=C/CCCCC)OC(=O)CCCCCCC/C=C\C=C/CCCCCCCCC. The number of rotatable bonds is 51. The number of allylic oxidation sites excluding steroid dienone is 16. The highest BCUT2D eigenvalue weighted by Crippen LogP contribution is 2.14. The third-order valence-electron chi connectivity index (χ3n) is 12.2. The van der Waals surface area contributed by atoms with E-state index in [0.717, 1.165) is 109 Å². The molecule has 69 heavy (non-hydrogen) atoms. The third-order valence-corrected chi connectivity index (χ3v) is 12.2. The Hall–Kier alpha value is -3.67. The lowest BCUT2D eigenvalue weighted by Crippen LogP contribution is -2.30. The van der Waals surface area contributed by atoms with Gasteiger partial charge in [0, 0.05) is 19.3 Å². The van der Waals surface area contributed by atoms with E-state index in [1.54, 1.807) is 0 Å². The third kappa shape index (κ3) is 55.1. The molecule has 0 saturated heterocycles. The number of ether oxygens (including phenoxy) is 3. The lowest BCUT2D eigenvalue weighted by atomic mass is 10.1. The number of esters is 3. The molecule has 0 heterocycles. The Labute approximate surface area is 426 Å². The van der Waals surface area contributed by atoms with Gasteiger partial charge in [-0.1, -0.05) is 246 Å². The molecule has 394 valence electrons. The van der Waals surface area contributed by atoms with E-state index < -0.39 is 6.10 Å². The zero-order valence-corrected chi connectivity index (χ0v) is 45.0. The Kier molecular flexibility index (Phi) is 53.9. The van der Waals surface area contributed by atoms with Crippen LogP contribution in [0.5, 0.6) is 0 Å². The lowest BCUT2D eigenvalue weighted by Gasteiger charge is -2.18. The molecule has 0 rings (SSSR count). The van der Waals surface area contributed by atoms with Crippen molar-refractivity contribution in [2.45, 2.75) is 271 Å². The maximum atomic E-state index is 12.9. The van der Waals surface area contributed by atoms with E-state index in [2.05, 4.69) is 118 Å². The minimum atomic E-state index is -0.802. The quantitative estimate of drug-likeness (QED) is 0.0262. The first-order chi connectivity index (χ1) is 34.0. The molecule has 0 fully saturated rings. The van der Waals surface area contributed by atoms with Crippen LogP contribution in [0.15, 0.2) is 97.2 Å². The molecule has 0 saturated carbocycles. The van der Waals surface area contributed by atoms with Gasteiger partial charge < -0.3 is 14.2 Å². The molecule has 6 nitrogen and oxygen atoms in total. The Balaban J connectivity index is 4.49. The average molecular weight is 960 g/mol. The van der Waals surface area contributed by atoms with Gasteiger partial charge in [-0.2, -0.15) is 0 Å². The van der Waals surface area contributed by atoms with Crippen LogP contribution in [0, 0.1) is 0 Å². The lowest BCUT2D eigenvalue weighted by molar-refractivity contribution is -0.167. The molecule has 0 aromatic heterocycles. The van der Waals surface area contributed by atoms with Crippen LogP contribution in [-0.2, 0) is 28.6 Å². The fourth-order valence-electron chi connectivity index (χ4n) is 7.79. The summed E-state index contributed by atoms with van der Waals surface area (Å²) in [5.41, 5.74) is 0. The van der Waals surface area contributed by atoms with Crippen LogP contribution >= 0.6 is 0 Å².